The predicted octanol–water partition coefficient (Wildman–Crippen LogP) is 3.91. The minimum atomic E-state index is 0.270. The number of nitrogens with one attached hydrogen (secondary N) is 2. The van der Waals surface area contributed by atoms with E-state index in [4.69, 9.17) is 4.98 Å². The highest BCUT2D eigenvalue weighted by atomic mass is 15.1. The molecule has 1 fully saturated rings. The summed E-state index contributed by atoms with van der Waals surface area (Å²) in [5.41, 5.74) is 1.41. The second-order valence-corrected chi connectivity index (χ2v) is 5.85. The standard InChI is InChI=1S/C16H28N4/c1-5-9-13-18-14(17-7-3)12(4)15(19-13)20-16(6-2)10-8-11-16/h5-11H2,1-4H3,(H2,17,18,19,20). The molecular formula is C16H28N4. The third kappa shape index (κ3) is 3.05. The Morgan fingerprint density at radius 2 is 1.80 bits per heavy atom. The van der Waals surface area contributed by atoms with Gasteiger partial charge < -0.3 is 10.6 Å². The Labute approximate surface area is 122 Å². The highest BCUT2D eigenvalue weighted by molar-refractivity contribution is 5.58. The van der Waals surface area contributed by atoms with Gasteiger partial charge in [-0.1, -0.05) is 13.8 Å². The van der Waals surface area contributed by atoms with E-state index < -0.39 is 0 Å². The highest BCUT2D eigenvalue weighted by Crippen LogP contribution is 2.38. The first-order valence-corrected chi connectivity index (χ1v) is 8.03. The summed E-state index contributed by atoms with van der Waals surface area (Å²) in [5.74, 6) is 2.96. The van der Waals surface area contributed by atoms with Gasteiger partial charge in [0.15, 0.2) is 0 Å². The van der Waals surface area contributed by atoms with Crippen LogP contribution < -0.4 is 10.6 Å². The Bertz CT molecular complexity index is 447. The predicted molar refractivity (Wildman–Crippen MR) is 85.4 cm³/mol. The van der Waals surface area contributed by atoms with Crippen LogP contribution in [0, 0.1) is 6.92 Å². The Balaban J connectivity index is 2.29. The van der Waals surface area contributed by atoms with Gasteiger partial charge in [0.1, 0.15) is 17.5 Å². The molecule has 4 heteroatoms. The SMILES string of the molecule is CCCc1nc(NCC)c(C)c(NC2(CC)CCC2)n1. The fourth-order valence-corrected chi connectivity index (χ4v) is 2.78. The number of hydrogen-bond acceptors (Lipinski definition) is 4. The number of anilines is 2. The molecule has 20 heavy (non-hydrogen) atoms. The Kier molecular flexibility index (Phi) is 4.84. The normalized spacial score (nSPS) is 16.6. The van der Waals surface area contributed by atoms with Gasteiger partial charge in [-0.25, -0.2) is 9.97 Å². The van der Waals surface area contributed by atoms with Crippen molar-refractivity contribution in [3.05, 3.63) is 11.4 Å². The summed E-state index contributed by atoms with van der Waals surface area (Å²) < 4.78 is 0. The largest absolute Gasteiger partial charge is 0.370 e. The van der Waals surface area contributed by atoms with Crippen molar-refractivity contribution >= 4 is 11.6 Å². The van der Waals surface area contributed by atoms with Crippen molar-refractivity contribution in [3.8, 4) is 0 Å². The van der Waals surface area contributed by atoms with Crippen molar-refractivity contribution in [1.29, 1.82) is 0 Å². The van der Waals surface area contributed by atoms with Gasteiger partial charge in [0.2, 0.25) is 0 Å². The molecule has 0 unspecified atom stereocenters. The number of hydrogen-bond donors (Lipinski definition) is 2. The maximum Gasteiger partial charge on any atom is 0.135 e. The van der Waals surface area contributed by atoms with Gasteiger partial charge in [0.25, 0.3) is 0 Å². The number of aromatic nitrogens is 2. The van der Waals surface area contributed by atoms with Crippen molar-refractivity contribution in [2.75, 3.05) is 17.2 Å². The summed E-state index contributed by atoms with van der Waals surface area (Å²) >= 11 is 0. The molecule has 112 valence electrons. The molecule has 0 bridgehead atoms. The van der Waals surface area contributed by atoms with Crippen LogP contribution in [0.15, 0.2) is 0 Å². The number of rotatable bonds is 7. The molecule has 0 spiro atoms. The quantitative estimate of drug-likeness (QED) is 0.792. The first kappa shape index (κ1) is 15.1. The maximum absolute atomic E-state index is 4.76. The summed E-state index contributed by atoms with van der Waals surface area (Å²) in [6.07, 6.45) is 7.02. The fourth-order valence-electron chi connectivity index (χ4n) is 2.78. The van der Waals surface area contributed by atoms with Crippen LogP contribution in [0.3, 0.4) is 0 Å². The molecule has 4 nitrogen and oxygen atoms in total. The van der Waals surface area contributed by atoms with E-state index in [0.717, 1.165) is 48.8 Å². The van der Waals surface area contributed by atoms with Crippen LogP contribution >= 0.6 is 0 Å². The summed E-state index contributed by atoms with van der Waals surface area (Å²) in [6, 6.07) is 0. The lowest BCUT2D eigenvalue weighted by Crippen LogP contribution is -2.44. The van der Waals surface area contributed by atoms with E-state index in [1.165, 1.54) is 19.3 Å². The Hall–Kier alpha value is -1.32. The molecular weight excluding hydrogens is 248 g/mol. The van der Waals surface area contributed by atoms with Crippen molar-refractivity contribution in [2.45, 2.75) is 71.8 Å². The van der Waals surface area contributed by atoms with Crippen LogP contribution in [0.4, 0.5) is 11.6 Å². The van der Waals surface area contributed by atoms with E-state index in [1.807, 2.05) is 0 Å². The Morgan fingerprint density at radius 1 is 1.10 bits per heavy atom. The van der Waals surface area contributed by atoms with E-state index in [-0.39, 0.29) is 5.54 Å². The van der Waals surface area contributed by atoms with Crippen molar-refractivity contribution in [3.63, 3.8) is 0 Å². The zero-order valence-electron chi connectivity index (χ0n) is 13.3. The molecule has 2 rings (SSSR count). The summed E-state index contributed by atoms with van der Waals surface area (Å²) in [5, 5.41) is 7.08. The van der Waals surface area contributed by atoms with E-state index >= 15 is 0 Å². The molecule has 2 N–H and O–H groups in total. The van der Waals surface area contributed by atoms with Gasteiger partial charge in [0, 0.05) is 24.1 Å². The van der Waals surface area contributed by atoms with Crippen molar-refractivity contribution < 1.29 is 0 Å². The molecule has 0 atom stereocenters. The van der Waals surface area contributed by atoms with Crippen molar-refractivity contribution in [1.82, 2.24) is 9.97 Å². The van der Waals surface area contributed by atoms with Crippen LogP contribution in [-0.4, -0.2) is 22.1 Å². The zero-order chi connectivity index (χ0) is 14.6. The van der Waals surface area contributed by atoms with E-state index in [0.29, 0.717) is 0 Å². The average Bonchev–Trinajstić information content (AvgIpc) is 2.39. The highest BCUT2D eigenvalue weighted by Gasteiger charge is 2.35. The van der Waals surface area contributed by atoms with Gasteiger partial charge in [-0.3, -0.25) is 0 Å². The molecule has 1 aliphatic rings. The molecule has 1 aromatic rings. The molecule has 0 saturated heterocycles. The first-order chi connectivity index (χ1) is 9.64. The molecule has 1 aromatic heterocycles. The molecule has 0 radical (unpaired) electrons. The first-order valence-electron chi connectivity index (χ1n) is 8.03. The van der Waals surface area contributed by atoms with Crippen LogP contribution in [0.2, 0.25) is 0 Å². The van der Waals surface area contributed by atoms with Gasteiger partial charge in [0.05, 0.1) is 0 Å². The lowest BCUT2D eigenvalue weighted by Gasteiger charge is -2.42. The number of nitrogens with zero attached hydrogens (tertiary/aromatic N) is 2. The molecule has 0 amide bonds. The fraction of sp³-hybridized carbons (Fsp3) is 0.750. The van der Waals surface area contributed by atoms with Crippen molar-refractivity contribution in [2.24, 2.45) is 0 Å². The zero-order valence-corrected chi connectivity index (χ0v) is 13.3. The number of aryl methyl sites for hydroxylation is 1. The van der Waals surface area contributed by atoms with Crippen LogP contribution in [0.25, 0.3) is 0 Å². The second kappa shape index (κ2) is 6.42. The molecule has 1 aliphatic carbocycles. The van der Waals surface area contributed by atoms with Crippen LogP contribution in [-0.2, 0) is 6.42 Å². The topological polar surface area (TPSA) is 49.8 Å². The summed E-state index contributed by atoms with van der Waals surface area (Å²) in [6.45, 7) is 9.54. The summed E-state index contributed by atoms with van der Waals surface area (Å²) in [7, 11) is 0. The van der Waals surface area contributed by atoms with Gasteiger partial charge in [-0.2, -0.15) is 0 Å². The molecule has 0 aliphatic heterocycles. The second-order valence-electron chi connectivity index (χ2n) is 5.85. The van der Waals surface area contributed by atoms with E-state index in [9.17, 15) is 0 Å². The monoisotopic (exact) mass is 276 g/mol. The van der Waals surface area contributed by atoms with Gasteiger partial charge >= 0.3 is 0 Å². The summed E-state index contributed by atoms with van der Waals surface area (Å²) in [4.78, 5) is 9.41. The van der Waals surface area contributed by atoms with Gasteiger partial charge in [-0.05, 0) is 46.0 Å². The lowest BCUT2D eigenvalue weighted by molar-refractivity contribution is 0.268. The third-order valence-electron chi connectivity index (χ3n) is 4.38. The third-order valence-corrected chi connectivity index (χ3v) is 4.38. The van der Waals surface area contributed by atoms with Crippen LogP contribution in [0.5, 0.6) is 0 Å². The molecule has 0 aromatic carbocycles. The molecule has 1 saturated carbocycles. The minimum absolute atomic E-state index is 0.270. The van der Waals surface area contributed by atoms with Gasteiger partial charge in [-0.15, -0.1) is 0 Å². The van der Waals surface area contributed by atoms with Crippen LogP contribution in [0.1, 0.15) is 64.3 Å². The molecule has 1 heterocycles. The average molecular weight is 276 g/mol. The maximum atomic E-state index is 4.76. The van der Waals surface area contributed by atoms with E-state index in [2.05, 4.69) is 43.3 Å². The smallest absolute Gasteiger partial charge is 0.135 e. The van der Waals surface area contributed by atoms with E-state index in [1.54, 1.807) is 0 Å². The minimum Gasteiger partial charge on any atom is -0.370 e. The lowest BCUT2D eigenvalue weighted by atomic mass is 9.75. The Morgan fingerprint density at radius 3 is 2.30 bits per heavy atom.